The summed E-state index contributed by atoms with van der Waals surface area (Å²) in [6.07, 6.45) is 2.88. The minimum Gasteiger partial charge on any atom is -0.444 e. The van der Waals surface area contributed by atoms with Crippen LogP contribution in [0.2, 0.25) is 5.28 Å². The van der Waals surface area contributed by atoms with Crippen molar-refractivity contribution in [1.82, 2.24) is 35.1 Å². The third-order valence-electron chi connectivity index (χ3n) is 6.68. The molecular weight excluding hydrogens is 592 g/mol. The summed E-state index contributed by atoms with van der Waals surface area (Å²) in [6.45, 7) is 13.7. The molecule has 12 nitrogen and oxygen atoms in total. The van der Waals surface area contributed by atoms with Crippen molar-refractivity contribution in [1.29, 1.82) is 0 Å². The second-order valence-electron chi connectivity index (χ2n) is 10.8. The van der Waals surface area contributed by atoms with E-state index < -0.39 is 5.60 Å². The highest BCUT2D eigenvalue weighted by Gasteiger charge is 2.27. The maximum Gasteiger partial charge on any atom is 0.410 e. The summed E-state index contributed by atoms with van der Waals surface area (Å²) in [7, 11) is 0. The molecule has 0 spiro atoms. The van der Waals surface area contributed by atoms with Crippen LogP contribution in [0.5, 0.6) is 11.8 Å². The van der Waals surface area contributed by atoms with Crippen LogP contribution in [-0.4, -0.2) is 86.6 Å². The van der Waals surface area contributed by atoms with Crippen molar-refractivity contribution >= 4 is 61.7 Å². The highest BCUT2D eigenvalue weighted by molar-refractivity contribution is 7.21. The van der Waals surface area contributed by atoms with Crippen molar-refractivity contribution < 1.29 is 19.1 Å². The smallest absolute Gasteiger partial charge is 0.410 e. The molecule has 14 heteroatoms. The number of carbonyl (C=O) groups excluding carboxylic acids is 2. The molecule has 2 aliphatic heterocycles. The first-order valence-electron chi connectivity index (χ1n) is 14.3. The summed E-state index contributed by atoms with van der Waals surface area (Å²) < 4.78 is 12.5. The van der Waals surface area contributed by atoms with E-state index in [1.807, 2.05) is 46.8 Å². The summed E-state index contributed by atoms with van der Waals surface area (Å²) in [5.74, 6) is 0.457. The highest BCUT2D eigenvalue weighted by atomic mass is 35.5. The van der Waals surface area contributed by atoms with Crippen LogP contribution in [0.25, 0.3) is 21.1 Å². The molecule has 3 aromatic heterocycles. The Hall–Kier alpha value is -3.81. The van der Waals surface area contributed by atoms with Crippen LogP contribution < -0.4 is 15.4 Å². The van der Waals surface area contributed by atoms with E-state index in [0.717, 1.165) is 21.3 Å². The quantitative estimate of drug-likeness (QED) is 0.287. The second-order valence-corrected chi connectivity index (χ2v) is 12.2. The minimum atomic E-state index is -0.533. The molecule has 0 bridgehead atoms. The predicted molar refractivity (Wildman–Crippen MR) is 167 cm³/mol. The lowest BCUT2D eigenvalue weighted by Crippen LogP contribution is -2.49. The fourth-order valence-electron chi connectivity index (χ4n) is 4.80. The van der Waals surface area contributed by atoms with Gasteiger partial charge >= 0.3 is 6.09 Å². The van der Waals surface area contributed by atoms with Crippen molar-refractivity contribution in [3.8, 4) is 11.8 Å². The number of halogens is 1. The number of benzene rings is 1. The van der Waals surface area contributed by atoms with Crippen molar-refractivity contribution in [3.63, 3.8) is 0 Å². The summed E-state index contributed by atoms with van der Waals surface area (Å²) in [5.41, 5.74) is 2.29. The number of carbonyl (C=O) groups is 2. The van der Waals surface area contributed by atoms with Crippen LogP contribution in [0.1, 0.15) is 49.9 Å². The van der Waals surface area contributed by atoms with Gasteiger partial charge in [0.1, 0.15) is 10.5 Å². The first-order chi connectivity index (χ1) is 20.6. The van der Waals surface area contributed by atoms with Gasteiger partial charge in [0, 0.05) is 67.7 Å². The molecule has 1 fully saturated rings. The van der Waals surface area contributed by atoms with Crippen molar-refractivity contribution in [2.75, 3.05) is 44.6 Å². The molecule has 6 rings (SSSR count). The molecule has 0 unspecified atom stereocenters. The topological polar surface area (TPSA) is 135 Å². The highest BCUT2D eigenvalue weighted by Crippen LogP contribution is 2.40. The Balaban J connectivity index is 0.00000180. The van der Waals surface area contributed by atoms with Crippen LogP contribution >= 0.6 is 22.9 Å². The number of rotatable bonds is 4. The zero-order valence-corrected chi connectivity index (χ0v) is 26.4. The molecule has 0 aliphatic carbocycles. The number of thiophene rings is 1. The standard InChI is InChI=1S/C27H29ClN8O4S.C2H6/c1-27(2,3)40-26(38)36-10-8-35(9-11-36)14-15-12-32-25(28)34-24(15)39-18-13-31-20-16(33-18)4-5-17-19(20)21-22(41-17)23(37)30-7-6-29-21;1-2/h4-5,12-13,29H,6-11,14H2,1-3H3,(H,30,37);1-2H3. The molecule has 0 atom stereocenters. The number of hydrogen-bond acceptors (Lipinski definition) is 11. The Bertz CT molecular complexity index is 1650. The molecular formula is C29H35ClN8O4S. The van der Waals surface area contributed by atoms with Gasteiger partial charge in [-0.3, -0.25) is 9.69 Å². The fraction of sp³-hybridized carbons (Fsp3) is 0.448. The first-order valence-corrected chi connectivity index (χ1v) is 15.5. The van der Waals surface area contributed by atoms with Crippen molar-refractivity contribution in [2.24, 2.45) is 0 Å². The number of ether oxygens (including phenoxy) is 2. The Labute approximate surface area is 258 Å². The van der Waals surface area contributed by atoms with Crippen molar-refractivity contribution in [2.45, 2.75) is 46.8 Å². The van der Waals surface area contributed by atoms with Gasteiger partial charge in [-0.25, -0.2) is 19.7 Å². The Morgan fingerprint density at radius 1 is 1.05 bits per heavy atom. The van der Waals surface area contributed by atoms with E-state index in [0.29, 0.717) is 61.7 Å². The van der Waals surface area contributed by atoms with Crippen LogP contribution in [-0.2, 0) is 11.3 Å². The van der Waals surface area contributed by atoms with E-state index in [9.17, 15) is 9.59 Å². The molecule has 4 aromatic rings. The van der Waals surface area contributed by atoms with Crippen LogP contribution in [0, 0.1) is 0 Å². The van der Waals surface area contributed by atoms with Crippen LogP contribution in [0.3, 0.4) is 0 Å². The van der Waals surface area contributed by atoms with E-state index >= 15 is 0 Å². The van der Waals surface area contributed by atoms with Gasteiger partial charge in [0.25, 0.3) is 5.91 Å². The maximum atomic E-state index is 12.5. The monoisotopic (exact) mass is 626 g/mol. The zero-order chi connectivity index (χ0) is 30.7. The number of nitrogens with one attached hydrogen (secondary N) is 2. The molecule has 0 saturated carbocycles. The van der Waals surface area contributed by atoms with Gasteiger partial charge in [0.05, 0.1) is 22.9 Å². The first kappa shape index (κ1) is 30.6. The van der Waals surface area contributed by atoms with Gasteiger partial charge in [-0.05, 0) is 44.5 Å². The summed E-state index contributed by atoms with van der Waals surface area (Å²) in [4.78, 5) is 47.3. The number of piperazine rings is 1. The molecule has 2 aliphatic rings. The number of hydrogen-bond donors (Lipinski definition) is 2. The number of amides is 2. The molecule has 1 saturated heterocycles. The largest absolute Gasteiger partial charge is 0.444 e. The molecule has 5 heterocycles. The molecule has 43 heavy (non-hydrogen) atoms. The third-order valence-corrected chi connectivity index (χ3v) is 8.01. The Morgan fingerprint density at radius 3 is 2.53 bits per heavy atom. The van der Waals surface area contributed by atoms with Gasteiger partial charge in [-0.15, -0.1) is 11.3 Å². The number of fused-ring (bicyclic) bond motifs is 5. The lowest BCUT2D eigenvalue weighted by atomic mass is 10.1. The number of nitrogens with zero attached hydrogens (tertiary/aromatic N) is 6. The van der Waals surface area contributed by atoms with Crippen molar-refractivity contribution in [3.05, 3.63) is 40.3 Å². The van der Waals surface area contributed by atoms with Crippen LogP contribution in [0.4, 0.5) is 10.5 Å². The maximum absolute atomic E-state index is 12.5. The van der Waals surface area contributed by atoms with E-state index in [-0.39, 0.29) is 29.0 Å². The Morgan fingerprint density at radius 2 is 1.79 bits per heavy atom. The Kier molecular flexibility index (Phi) is 9.13. The average Bonchev–Trinajstić information content (AvgIpc) is 3.26. The van der Waals surface area contributed by atoms with Gasteiger partial charge in [-0.2, -0.15) is 4.98 Å². The number of aromatic nitrogens is 4. The third kappa shape index (κ3) is 6.89. The van der Waals surface area contributed by atoms with E-state index in [4.69, 9.17) is 21.1 Å². The minimum absolute atomic E-state index is 0.0549. The molecule has 1 aromatic carbocycles. The van der Waals surface area contributed by atoms with Gasteiger partial charge < -0.3 is 25.0 Å². The molecule has 2 N–H and O–H groups in total. The predicted octanol–water partition coefficient (Wildman–Crippen LogP) is 5.31. The summed E-state index contributed by atoms with van der Waals surface area (Å²) in [6, 6.07) is 3.80. The van der Waals surface area contributed by atoms with E-state index in [2.05, 4.69) is 35.5 Å². The fourth-order valence-corrected chi connectivity index (χ4v) is 6.02. The lowest BCUT2D eigenvalue weighted by Gasteiger charge is -2.35. The second kappa shape index (κ2) is 12.8. The van der Waals surface area contributed by atoms with E-state index in [1.165, 1.54) is 11.3 Å². The number of anilines is 1. The molecule has 2 amide bonds. The zero-order valence-electron chi connectivity index (χ0n) is 24.9. The average molecular weight is 627 g/mol. The molecule has 228 valence electrons. The normalized spacial score (nSPS) is 15.6. The summed E-state index contributed by atoms with van der Waals surface area (Å²) >= 11 is 7.55. The SMILES string of the molecule is CC.CC(C)(C)OC(=O)N1CCN(Cc2cnc(Cl)nc2Oc2cnc3c(ccc4sc5c(c43)NCCNC5=O)n2)CC1. The van der Waals surface area contributed by atoms with Gasteiger partial charge in [0.2, 0.25) is 17.0 Å². The van der Waals surface area contributed by atoms with Crippen LogP contribution in [0.15, 0.2) is 24.5 Å². The summed E-state index contributed by atoms with van der Waals surface area (Å²) in [5, 5.41) is 7.19. The van der Waals surface area contributed by atoms with Gasteiger partial charge in [-0.1, -0.05) is 13.8 Å². The van der Waals surface area contributed by atoms with Gasteiger partial charge in [0.15, 0.2) is 0 Å². The van der Waals surface area contributed by atoms with E-state index in [1.54, 1.807) is 17.3 Å². The lowest BCUT2D eigenvalue weighted by molar-refractivity contribution is 0.0138. The molecule has 0 radical (unpaired) electrons.